The van der Waals surface area contributed by atoms with Gasteiger partial charge in [0.1, 0.15) is 10.7 Å². The van der Waals surface area contributed by atoms with Crippen molar-refractivity contribution in [1.82, 2.24) is 9.29 Å². The topological polar surface area (TPSA) is 82.5 Å². The molecule has 0 radical (unpaired) electrons. The van der Waals surface area contributed by atoms with Crippen molar-refractivity contribution in [2.75, 3.05) is 31.6 Å². The third kappa shape index (κ3) is 3.93. The van der Waals surface area contributed by atoms with Crippen LogP contribution < -0.4 is 5.32 Å². The lowest BCUT2D eigenvalue weighted by Crippen LogP contribution is -2.40. The van der Waals surface area contributed by atoms with E-state index in [2.05, 4.69) is 17.2 Å². The van der Waals surface area contributed by atoms with Crippen LogP contribution in [0.25, 0.3) is 0 Å². The zero-order chi connectivity index (χ0) is 15.3. The number of nitrogens with zero attached hydrogens (tertiary/aromatic N) is 2. The molecule has 1 unspecified atom stereocenters. The summed E-state index contributed by atoms with van der Waals surface area (Å²) < 4.78 is 26.6. The lowest BCUT2D eigenvalue weighted by atomic mass is 10.0. The highest BCUT2D eigenvalue weighted by molar-refractivity contribution is 7.89. The second kappa shape index (κ2) is 7.20. The summed E-state index contributed by atoms with van der Waals surface area (Å²) >= 11 is 0. The maximum Gasteiger partial charge on any atom is 0.244 e. The highest BCUT2D eigenvalue weighted by Gasteiger charge is 2.30. The van der Waals surface area contributed by atoms with Gasteiger partial charge in [-0.1, -0.05) is 6.92 Å². The Labute approximate surface area is 126 Å². The van der Waals surface area contributed by atoms with Crippen molar-refractivity contribution in [1.29, 1.82) is 0 Å². The van der Waals surface area contributed by atoms with Gasteiger partial charge in [0.05, 0.1) is 0 Å². The van der Waals surface area contributed by atoms with Crippen molar-refractivity contribution in [3.8, 4) is 0 Å². The zero-order valence-corrected chi connectivity index (χ0v) is 13.1. The fourth-order valence-corrected chi connectivity index (χ4v) is 3.93. The van der Waals surface area contributed by atoms with Gasteiger partial charge in [-0.05, 0) is 37.3 Å². The van der Waals surface area contributed by atoms with E-state index in [1.807, 2.05) is 0 Å². The second-order valence-electron chi connectivity index (χ2n) is 5.36. The SMILES string of the molecule is CCCNc1ccc(S(=O)(=O)N2CCCC(CO)C2)cn1. The van der Waals surface area contributed by atoms with Crippen molar-refractivity contribution in [2.24, 2.45) is 5.92 Å². The summed E-state index contributed by atoms with van der Waals surface area (Å²) in [7, 11) is -3.51. The zero-order valence-electron chi connectivity index (χ0n) is 12.3. The molecule has 2 N–H and O–H groups in total. The average Bonchev–Trinajstić information content (AvgIpc) is 2.53. The fraction of sp³-hybridized carbons (Fsp3) is 0.643. The molecule has 1 aliphatic heterocycles. The van der Waals surface area contributed by atoms with E-state index in [-0.39, 0.29) is 17.4 Å². The summed E-state index contributed by atoms with van der Waals surface area (Å²) in [5.41, 5.74) is 0. The van der Waals surface area contributed by atoms with Gasteiger partial charge in [0, 0.05) is 32.4 Å². The highest BCUT2D eigenvalue weighted by atomic mass is 32.2. The van der Waals surface area contributed by atoms with E-state index in [0.29, 0.717) is 18.9 Å². The summed E-state index contributed by atoms with van der Waals surface area (Å²) in [4.78, 5) is 4.36. The summed E-state index contributed by atoms with van der Waals surface area (Å²) in [5, 5.41) is 12.3. The Morgan fingerprint density at radius 3 is 2.90 bits per heavy atom. The molecule has 118 valence electrons. The Kier molecular flexibility index (Phi) is 5.55. The molecule has 1 aromatic heterocycles. The van der Waals surface area contributed by atoms with E-state index in [1.165, 1.54) is 10.5 Å². The Morgan fingerprint density at radius 1 is 1.48 bits per heavy atom. The number of aliphatic hydroxyl groups is 1. The van der Waals surface area contributed by atoms with E-state index in [0.717, 1.165) is 25.8 Å². The minimum Gasteiger partial charge on any atom is -0.396 e. The molecule has 1 atom stereocenters. The number of sulfonamides is 1. The average molecular weight is 313 g/mol. The van der Waals surface area contributed by atoms with Crippen LogP contribution in [0.4, 0.5) is 5.82 Å². The number of hydrogen-bond acceptors (Lipinski definition) is 5. The summed E-state index contributed by atoms with van der Waals surface area (Å²) in [6.07, 6.45) is 4.04. The molecule has 0 aliphatic carbocycles. The first kappa shape index (κ1) is 16.2. The molecular formula is C14H23N3O3S. The van der Waals surface area contributed by atoms with Crippen LogP contribution in [0.5, 0.6) is 0 Å². The van der Waals surface area contributed by atoms with Crippen LogP contribution in [0.1, 0.15) is 26.2 Å². The monoisotopic (exact) mass is 313 g/mol. The normalized spacial score (nSPS) is 20.4. The van der Waals surface area contributed by atoms with Crippen LogP contribution in [0.3, 0.4) is 0 Å². The number of nitrogens with one attached hydrogen (secondary N) is 1. The molecule has 0 spiro atoms. The van der Waals surface area contributed by atoms with Gasteiger partial charge in [-0.2, -0.15) is 4.31 Å². The molecule has 21 heavy (non-hydrogen) atoms. The van der Waals surface area contributed by atoms with Crippen LogP contribution in [0.15, 0.2) is 23.2 Å². The van der Waals surface area contributed by atoms with Crippen LogP contribution in [0.2, 0.25) is 0 Å². The fourth-order valence-electron chi connectivity index (χ4n) is 2.43. The molecule has 1 fully saturated rings. The van der Waals surface area contributed by atoms with Crippen molar-refractivity contribution in [3.63, 3.8) is 0 Å². The number of aromatic nitrogens is 1. The number of hydrogen-bond donors (Lipinski definition) is 2. The molecule has 0 bridgehead atoms. The first-order valence-corrected chi connectivity index (χ1v) is 8.83. The first-order chi connectivity index (χ1) is 10.1. The minimum absolute atomic E-state index is 0.0319. The Balaban J connectivity index is 2.11. The van der Waals surface area contributed by atoms with Crippen molar-refractivity contribution in [3.05, 3.63) is 18.3 Å². The quantitative estimate of drug-likeness (QED) is 0.827. The lowest BCUT2D eigenvalue weighted by Gasteiger charge is -2.30. The molecule has 1 saturated heterocycles. The number of piperidine rings is 1. The van der Waals surface area contributed by atoms with Gasteiger partial charge in [-0.25, -0.2) is 13.4 Å². The Morgan fingerprint density at radius 2 is 2.29 bits per heavy atom. The maximum absolute atomic E-state index is 12.6. The van der Waals surface area contributed by atoms with Gasteiger partial charge in [-0.3, -0.25) is 0 Å². The third-order valence-corrected chi connectivity index (χ3v) is 5.52. The molecular weight excluding hydrogens is 290 g/mol. The van der Waals surface area contributed by atoms with Gasteiger partial charge in [0.25, 0.3) is 0 Å². The number of aliphatic hydroxyl groups excluding tert-OH is 1. The van der Waals surface area contributed by atoms with Gasteiger partial charge >= 0.3 is 0 Å². The van der Waals surface area contributed by atoms with Gasteiger partial charge in [0.15, 0.2) is 0 Å². The molecule has 0 aromatic carbocycles. The summed E-state index contributed by atoms with van der Waals surface area (Å²) in [5.74, 6) is 0.717. The standard InChI is InChI=1S/C14H23N3O3S/c1-2-7-15-14-6-5-13(9-16-14)21(19,20)17-8-3-4-12(10-17)11-18/h5-6,9,12,18H,2-4,7-8,10-11H2,1H3,(H,15,16). The van der Waals surface area contributed by atoms with Gasteiger partial charge < -0.3 is 10.4 Å². The van der Waals surface area contributed by atoms with Gasteiger partial charge in [-0.15, -0.1) is 0 Å². The third-order valence-electron chi connectivity index (χ3n) is 3.67. The van der Waals surface area contributed by atoms with E-state index in [9.17, 15) is 13.5 Å². The number of anilines is 1. The second-order valence-corrected chi connectivity index (χ2v) is 7.30. The summed E-state index contributed by atoms with van der Waals surface area (Å²) in [6.45, 7) is 3.79. The molecule has 7 heteroatoms. The van der Waals surface area contributed by atoms with Crippen molar-refractivity contribution in [2.45, 2.75) is 31.1 Å². The van der Waals surface area contributed by atoms with Crippen molar-refractivity contribution >= 4 is 15.8 Å². The molecule has 2 rings (SSSR count). The molecule has 2 heterocycles. The summed E-state index contributed by atoms with van der Waals surface area (Å²) in [6, 6.07) is 3.28. The molecule has 1 aromatic rings. The van der Waals surface area contributed by atoms with Crippen LogP contribution in [-0.2, 0) is 10.0 Å². The van der Waals surface area contributed by atoms with Crippen LogP contribution in [-0.4, -0.2) is 49.1 Å². The Hall–Kier alpha value is -1.18. The first-order valence-electron chi connectivity index (χ1n) is 7.39. The van der Waals surface area contributed by atoms with E-state index >= 15 is 0 Å². The largest absolute Gasteiger partial charge is 0.396 e. The number of pyridine rings is 1. The predicted molar refractivity (Wildman–Crippen MR) is 81.6 cm³/mol. The van der Waals surface area contributed by atoms with Crippen molar-refractivity contribution < 1.29 is 13.5 Å². The van der Waals surface area contributed by atoms with E-state index in [4.69, 9.17) is 0 Å². The number of rotatable bonds is 6. The smallest absolute Gasteiger partial charge is 0.244 e. The highest BCUT2D eigenvalue weighted by Crippen LogP contribution is 2.23. The Bertz CT molecular complexity index is 545. The molecule has 6 nitrogen and oxygen atoms in total. The molecule has 1 aliphatic rings. The van der Waals surface area contributed by atoms with E-state index in [1.54, 1.807) is 12.1 Å². The van der Waals surface area contributed by atoms with Crippen LogP contribution in [0, 0.1) is 5.92 Å². The predicted octanol–water partition coefficient (Wildman–Crippen LogP) is 1.30. The van der Waals surface area contributed by atoms with Crippen LogP contribution >= 0.6 is 0 Å². The van der Waals surface area contributed by atoms with Gasteiger partial charge in [0.2, 0.25) is 10.0 Å². The minimum atomic E-state index is -3.51. The lowest BCUT2D eigenvalue weighted by molar-refractivity contribution is 0.165. The maximum atomic E-state index is 12.6. The van der Waals surface area contributed by atoms with E-state index < -0.39 is 10.0 Å². The molecule has 0 amide bonds. The molecule has 0 saturated carbocycles.